The second-order valence-electron chi connectivity index (χ2n) is 5.56. The van der Waals surface area contributed by atoms with Gasteiger partial charge in [0.05, 0.1) is 12.2 Å². The van der Waals surface area contributed by atoms with Gasteiger partial charge in [-0.3, -0.25) is 0 Å². The average molecular weight is 421 g/mol. The maximum absolute atomic E-state index is 14.8. The molecule has 3 aromatic rings. The summed E-state index contributed by atoms with van der Waals surface area (Å²) < 4.78 is 67.7. The van der Waals surface area contributed by atoms with E-state index in [0.29, 0.717) is 6.07 Å². The van der Waals surface area contributed by atoms with Crippen LogP contribution in [-0.4, -0.2) is 29.8 Å². The maximum Gasteiger partial charge on any atom is 0.224 e. The van der Waals surface area contributed by atoms with Gasteiger partial charge in [0, 0.05) is 21.7 Å². The Morgan fingerprint density at radius 2 is 2.07 bits per heavy atom. The summed E-state index contributed by atoms with van der Waals surface area (Å²) in [5.41, 5.74) is -4.21. The van der Waals surface area contributed by atoms with Crippen LogP contribution in [0.15, 0.2) is 30.9 Å². The number of benzene rings is 1. The molecule has 0 fully saturated rings. The van der Waals surface area contributed by atoms with Crippen LogP contribution in [0, 0.1) is 17.5 Å². The highest BCUT2D eigenvalue weighted by Crippen LogP contribution is 2.40. The molecule has 1 N–H and O–H groups in total. The van der Waals surface area contributed by atoms with Crippen molar-refractivity contribution in [2.75, 3.05) is 0 Å². The summed E-state index contributed by atoms with van der Waals surface area (Å²) >= 11 is 11.4. The maximum atomic E-state index is 14.8. The Hall–Kier alpha value is -2.23. The Bertz CT molecular complexity index is 1070. The van der Waals surface area contributed by atoms with E-state index in [2.05, 4.69) is 20.1 Å². The molecule has 2 atom stereocenters. The van der Waals surface area contributed by atoms with Crippen LogP contribution < -0.4 is 0 Å². The first-order valence-corrected chi connectivity index (χ1v) is 8.08. The molecule has 2 aromatic heterocycles. The van der Waals surface area contributed by atoms with Crippen molar-refractivity contribution in [2.24, 2.45) is 0 Å². The fourth-order valence-corrected chi connectivity index (χ4v) is 2.96. The summed E-state index contributed by atoms with van der Waals surface area (Å²) in [5, 5.41) is 14.0. The van der Waals surface area contributed by atoms with Crippen molar-refractivity contribution >= 4 is 23.2 Å². The van der Waals surface area contributed by atoms with Crippen LogP contribution in [0.2, 0.25) is 10.4 Å². The molecule has 0 amide bonds. The molecule has 0 aliphatic carbocycles. The summed E-state index contributed by atoms with van der Waals surface area (Å²) in [6.07, 6.45) is 2.21. The van der Waals surface area contributed by atoms with Crippen LogP contribution in [0.25, 0.3) is 0 Å². The first kappa shape index (κ1) is 15.8. The van der Waals surface area contributed by atoms with Crippen LogP contribution >= 0.6 is 23.2 Å². The summed E-state index contributed by atoms with van der Waals surface area (Å²) in [6.45, 7) is -3.85. The lowest BCUT2D eigenvalue weighted by Crippen LogP contribution is -2.39. The molecule has 1 aromatic carbocycles. The van der Waals surface area contributed by atoms with E-state index in [1.165, 1.54) is 0 Å². The number of hydrogen-bond acceptors (Lipinski definition) is 5. The van der Waals surface area contributed by atoms with E-state index in [9.17, 15) is 18.3 Å². The van der Waals surface area contributed by atoms with Gasteiger partial charge in [0.2, 0.25) is 5.28 Å². The van der Waals surface area contributed by atoms with E-state index >= 15 is 0 Å². The molecular formula is C16H12Cl2F3N5O. The monoisotopic (exact) mass is 420 g/mol. The minimum Gasteiger partial charge on any atom is -0.382 e. The standard InChI is InChI=1S/C16H12Cl2F3N5O/c1-8(13-12(21)14(17)25-15(18)24-13)16(27,5-26-7-22-6-23-26)10-3-2-9(19)4-11(10)20/h2-4,6-8,27H,5H2,1H3/i1D3. The van der Waals surface area contributed by atoms with Gasteiger partial charge < -0.3 is 5.11 Å². The Kier molecular flexibility index (Phi) is 4.34. The van der Waals surface area contributed by atoms with Crippen molar-refractivity contribution in [3.8, 4) is 0 Å². The molecule has 0 spiro atoms. The van der Waals surface area contributed by atoms with Gasteiger partial charge in [-0.2, -0.15) is 5.10 Å². The van der Waals surface area contributed by atoms with Crippen LogP contribution in [0.5, 0.6) is 0 Å². The third-order valence-electron chi connectivity index (χ3n) is 3.83. The quantitative estimate of drug-likeness (QED) is 0.504. The molecule has 0 saturated carbocycles. The van der Waals surface area contributed by atoms with Crippen molar-refractivity contribution in [1.82, 2.24) is 24.7 Å². The molecule has 6 nitrogen and oxygen atoms in total. The SMILES string of the molecule is [2H]C([2H])([2H])C(c1nc(Cl)nc(Cl)c1F)C(O)(Cn1cncn1)c1ccc(F)cc1F. The number of aromatic nitrogens is 5. The second kappa shape index (κ2) is 7.41. The zero-order valence-electron chi connectivity index (χ0n) is 16.2. The number of nitrogens with zero attached hydrogens (tertiary/aromatic N) is 5. The highest BCUT2D eigenvalue weighted by atomic mass is 35.5. The Morgan fingerprint density at radius 1 is 1.30 bits per heavy atom. The fourth-order valence-electron chi connectivity index (χ4n) is 2.56. The summed E-state index contributed by atoms with van der Waals surface area (Å²) in [5.74, 6) is -5.79. The first-order valence-electron chi connectivity index (χ1n) is 8.82. The number of halogens is 5. The number of aliphatic hydroxyl groups is 1. The number of hydrogen-bond donors (Lipinski definition) is 1. The topological polar surface area (TPSA) is 76.7 Å². The Labute approximate surface area is 165 Å². The van der Waals surface area contributed by atoms with E-state index < -0.39 is 64.1 Å². The van der Waals surface area contributed by atoms with Crippen LogP contribution in [0.4, 0.5) is 13.2 Å². The number of rotatable bonds is 5. The highest BCUT2D eigenvalue weighted by Gasteiger charge is 2.42. The van der Waals surface area contributed by atoms with Crippen LogP contribution in [-0.2, 0) is 12.1 Å². The molecule has 11 heteroatoms. The molecule has 3 rings (SSSR count). The van der Waals surface area contributed by atoms with Crippen molar-refractivity contribution in [3.63, 3.8) is 0 Å². The van der Waals surface area contributed by atoms with Gasteiger partial charge >= 0.3 is 0 Å². The summed E-state index contributed by atoms with van der Waals surface area (Å²) in [6, 6.07) is 2.12. The molecule has 2 unspecified atom stereocenters. The molecule has 2 heterocycles. The van der Waals surface area contributed by atoms with Crippen molar-refractivity contribution in [2.45, 2.75) is 24.9 Å². The highest BCUT2D eigenvalue weighted by molar-refractivity contribution is 6.31. The van der Waals surface area contributed by atoms with E-state index in [0.717, 1.165) is 29.5 Å². The van der Waals surface area contributed by atoms with E-state index in [1.54, 1.807) is 0 Å². The van der Waals surface area contributed by atoms with Crippen LogP contribution in [0.1, 0.15) is 28.1 Å². The largest absolute Gasteiger partial charge is 0.382 e. The van der Waals surface area contributed by atoms with Gasteiger partial charge in [0.15, 0.2) is 11.0 Å². The predicted octanol–water partition coefficient (Wildman–Crippen LogP) is 3.48. The zero-order chi connectivity index (χ0) is 22.3. The Balaban J connectivity index is 2.33. The normalized spacial score (nSPS) is 16.9. The molecule has 0 aliphatic heterocycles. The van der Waals surface area contributed by atoms with Crippen molar-refractivity contribution < 1.29 is 22.4 Å². The van der Waals surface area contributed by atoms with E-state index in [4.69, 9.17) is 27.3 Å². The van der Waals surface area contributed by atoms with E-state index in [1.807, 2.05) is 0 Å². The van der Waals surface area contributed by atoms with Gasteiger partial charge in [-0.25, -0.2) is 32.8 Å². The predicted molar refractivity (Wildman–Crippen MR) is 90.7 cm³/mol. The Morgan fingerprint density at radius 3 is 2.70 bits per heavy atom. The molecule has 0 radical (unpaired) electrons. The average Bonchev–Trinajstić information content (AvgIpc) is 3.10. The van der Waals surface area contributed by atoms with Crippen LogP contribution in [0.3, 0.4) is 0 Å². The minimum absolute atomic E-state index is 0.453. The molecule has 142 valence electrons. The summed E-state index contributed by atoms with van der Waals surface area (Å²) in [4.78, 5) is 10.7. The molecule has 0 saturated heterocycles. The van der Waals surface area contributed by atoms with Gasteiger partial charge in [-0.1, -0.05) is 24.5 Å². The lowest BCUT2D eigenvalue weighted by Gasteiger charge is -2.34. The molecular weight excluding hydrogens is 406 g/mol. The zero-order valence-corrected chi connectivity index (χ0v) is 14.8. The van der Waals surface area contributed by atoms with Gasteiger partial charge in [-0.15, -0.1) is 0 Å². The van der Waals surface area contributed by atoms with E-state index in [-0.39, 0.29) is 0 Å². The third kappa shape index (κ3) is 3.76. The van der Waals surface area contributed by atoms with Crippen molar-refractivity contribution in [3.05, 3.63) is 70.0 Å². The lowest BCUT2D eigenvalue weighted by atomic mass is 9.79. The van der Waals surface area contributed by atoms with Gasteiger partial charge in [-0.05, 0) is 17.7 Å². The summed E-state index contributed by atoms with van der Waals surface area (Å²) in [7, 11) is 0. The molecule has 0 bridgehead atoms. The smallest absolute Gasteiger partial charge is 0.224 e. The minimum atomic E-state index is -3.15. The van der Waals surface area contributed by atoms with Gasteiger partial charge in [0.1, 0.15) is 29.9 Å². The van der Waals surface area contributed by atoms with Gasteiger partial charge in [0.25, 0.3) is 0 Å². The molecule has 27 heavy (non-hydrogen) atoms. The first-order chi connectivity index (χ1) is 13.9. The van der Waals surface area contributed by atoms with Crippen molar-refractivity contribution in [1.29, 1.82) is 0 Å². The molecule has 0 aliphatic rings. The second-order valence-corrected chi connectivity index (χ2v) is 6.25. The lowest BCUT2D eigenvalue weighted by molar-refractivity contribution is -0.0133. The fraction of sp³-hybridized carbons (Fsp3) is 0.250. The third-order valence-corrected chi connectivity index (χ3v) is 4.25.